The second-order valence-electron chi connectivity index (χ2n) is 3.96. The molecule has 88 valence electrons. The zero-order valence-electron chi connectivity index (χ0n) is 9.28. The summed E-state index contributed by atoms with van der Waals surface area (Å²) in [6, 6.07) is 5.97. The molecule has 1 aliphatic heterocycles. The molecular weight excluding hydrogens is 270 g/mol. The van der Waals surface area contributed by atoms with Crippen molar-refractivity contribution in [1.82, 2.24) is 0 Å². The summed E-state index contributed by atoms with van der Waals surface area (Å²) < 4.78 is 12.2. The zero-order valence-corrected chi connectivity index (χ0v) is 10.9. The molecule has 0 amide bonds. The maximum Gasteiger partial charge on any atom is 0.124 e. The van der Waals surface area contributed by atoms with Crippen molar-refractivity contribution in [2.75, 3.05) is 20.3 Å². The molecule has 2 N–H and O–H groups in total. The summed E-state index contributed by atoms with van der Waals surface area (Å²) >= 11 is 3.47. The van der Waals surface area contributed by atoms with Gasteiger partial charge in [0.2, 0.25) is 0 Å². The number of benzene rings is 1. The van der Waals surface area contributed by atoms with Crippen LogP contribution in [0.5, 0.6) is 5.75 Å². The molecule has 0 saturated carbocycles. The quantitative estimate of drug-likeness (QED) is 0.928. The Hall–Kier alpha value is -0.580. The Kier molecular flexibility index (Phi) is 3.84. The number of halogens is 1. The van der Waals surface area contributed by atoms with Crippen molar-refractivity contribution in [3.05, 3.63) is 28.2 Å². The Balaban J connectivity index is 2.34. The van der Waals surface area contributed by atoms with E-state index in [0.717, 1.165) is 28.8 Å². The van der Waals surface area contributed by atoms with E-state index >= 15 is 0 Å². The van der Waals surface area contributed by atoms with Crippen molar-refractivity contribution in [1.29, 1.82) is 0 Å². The monoisotopic (exact) mass is 285 g/mol. The van der Waals surface area contributed by atoms with Crippen molar-refractivity contribution < 1.29 is 9.47 Å². The summed E-state index contributed by atoms with van der Waals surface area (Å²) in [6.07, 6.45) is 1.09. The highest BCUT2D eigenvalue weighted by Crippen LogP contribution is 2.39. The lowest BCUT2D eigenvalue weighted by Crippen LogP contribution is -2.18. The minimum atomic E-state index is 0.0671. The molecule has 1 aromatic carbocycles. The summed E-state index contributed by atoms with van der Waals surface area (Å²) in [6.45, 7) is 1.43. The number of hydrogen-bond acceptors (Lipinski definition) is 3. The lowest BCUT2D eigenvalue weighted by molar-refractivity contribution is 0.0901. The van der Waals surface area contributed by atoms with Gasteiger partial charge in [-0.05, 0) is 31.2 Å². The first-order chi connectivity index (χ1) is 7.76. The third kappa shape index (κ3) is 2.24. The fourth-order valence-electron chi connectivity index (χ4n) is 2.15. The van der Waals surface area contributed by atoms with E-state index in [2.05, 4.69) is 22.0 Å². The maximum absolute atomic E-state index is 5.76. The first-order valence-electron chi connectivity index (χ1n) is 5.41. The fourth-order valence-corrected chi connectivity index (χ4v) is 2.53. The molecule has 1 saturated heterocycles. The largest absolute Gasteiger partial charge is 0.496 e. The molecule has 0 aliphatic carbocycles. The summed E-state index contributed by atoms with van der Waals surface area (Å²) in [7, 11) is 1.68. The van der Waals surface area contributed by atoms with Crippen LogP contribution in [0.4, 0.5) is 0 Å². The highest BCUT2D eigenvalue weighted by atomic mass is 79.9. The number of ether oxygens (including phenoxy) is 2. The van der Waals surface area contributed by atoms with Gasteiger partial charge in [-0.2, -0.15) is 0 Å². The van der Waals surface area contributed by atoms with Gasteiger partial charge < -0.3 is 15.2 Å². The van der Waals surface area contributed by atoms with Gasteiger partial charge in [-0.1, -0.05) is 15.9 Å². The van der Waals surface area contributed by atoms with Crippen molar-refractivity contribution in [3.8, 4) is 5.75 Å². The van der Waals surface area contributed by atoms with Gasteiger partial charge in [-0.15, -0.1) is 0 Å². The van der Waals surface area contributed by atoms with Gasteiger partial charge >= 0.3 is 0 Å². The van der Waals surface area contributed by atoms with Gasteiger partial charge in [0.05, 0.1) is 13.2 Å². The Bertz CT molecular complexity index is 370. The minimum Gasteiger partial charge on any atom is -0.496 e. The molecule has 3 nitrogen and oxygen atoms in total. The summed E-state index contributed by atoms with van der Waals surface area (Å²) in [5.74, 6) is 1.26. The molecule has 1 heterocycles. The Morgan fingerprint density at radius 1 is 1.56 bits per heavy atom. The lowest BCUT2D eigenvalue weighted by Gasteiger charge is -2.20. The Labute approximate surface area is 104 Å². The Morgan fingerprint density at radius 3 is 3.06 bits per heavy atom. The molecule has 4 heteroatoms. The topological polar surface area (TPSA) is 44.5 Å². The van der Waals surface area contributed by atoms with Gasteiger partial charge in [0, 0.05) is 22.6 Å². The summed E-state index contributed by atoms with van der Waals surface area (Å²) in [5, 5.41) is 0. The number of rotatable bonds is 3. The van der Waals surface area contributed by atoms with Gasteiger partial charge in [0.1, 0.15) is 5.75 Å². The normalized spacial score (nSPS) is 24.7. The van der Waals surface area contributed by atoms with E-state index in [1.807, 2.05) is 12.1 Å². The second-order valence-corrected chi connectivity index (χ2v) is 4.88. The predicted molar refractivity (Wildman–Crippen MR) is 66.5 cm³/mol. The zero-order chi connectivity index (χ0) is 11.5. The van der Waals surface area contributed by atoms with Crippen LogP contribution in [0.25, 0.3) is 0 Å². The lowest BCUT2D eigenvalue weighted by atomic mass is 9.95. The molecule has 0 spiro atoms. The number of hydrogen-bond donors (Lipinski definition) is 1. The van der Waals surface area contributed by atoms with Crippen LogP contribution in [0.1, 0.15) is 18.1 Å². The first kappa shape index (κ1) is 11.9. The number of nitrogens with two attached hydrogens (primary N) is 1. The van der Waals surface area contributed by atoms with Crippen LogP contribution in [0, 0.1) is 5.92 Å². The molecule has 2 unspecified atom stereocenters. The van der Waals surface area contributed by atoms with Crippen LogP contribution in [-0.4, -0.2) is 20.3 Å². The standard InChI is InChI=1S/C12H16BrNO2/c1-15-11-3-2-9(13)6-10(11)12-8(7-14)4-5-16-12/h2-3,6,8,12H,4-5,7,14H2,1H3. The van der Waals surface area contributed by atoms with E-state index in [1.165, 1.54) is 0 Å². The van der Waals surface area contributed by atoms with Gasteiger partial charge in [0.25, 0.3) is 0 Å². The van der Waals surface area contributed by atoms with Crippen LogP contribution in [0.2, 0.25) is 0 Å². The van der Waals surface area contributed by atoms with Crippen molar-refractivity contribution >= 4 is 15.9 Å². The molecule has 2 rings (SSSR count). The van der Waals surface area contributed by atoms with Gasteiger partial charge in [-0.3, -0.25) is 0 Å². The van der Waals surface area contributed by atoms with Crippen molar-refractivity contribution in [3.63, 3.8) is 0 Å². The summed E-state index contributed by atoms with van der Waals surface area (Å²) in [5.41, 5.74) is 6.85. The average molecular weight is 286 g/mol. The highest BCUT2D eigenvalue weighted by molar-refractivity contribution is 9.10. The van der Waals surface area contributed by atoms with E-state index in [-0.39, 0.29) is 6.10 Å². The Morgan fingerprint density at radius 2 is 2.38 bits per heavy atom. The molecule has 0 aromatic heterocycles. The molecule has 1 aromatic rings. The highest BCUT2D eigenvalue weighted by Gasteiger charge is 2.30. The second kappa shape index (κ2) is 5.17. The SMILES string of the molecule is COc1ccc(Br)cc1C1OCCC1CN. The molecule has 0 bridgehead atoms. The van der Waals surface area contributed by atoms with Gasteiger partial charge in [-0.25, -0.2) is 0 Å². The van der Waals surface area contributed by atoms with Crippen LogP contribution < -0.4 is 10.5 Å². The van der Waals surface area contributed by atoms with Crippen LogP contribution in [-0.2, 0) is 4.74 Å². The van der Waals surface area contributed by atoms with Crippen LogP contribution in [0.3, 0.4) is 0 Å². The predicted octanol–water partition coefficient (Wildman–Crippen LogP) is 2.49. The molecule has 1 fully saturated rings. The third-order valence-corrected chi connectivity index (χ3v) is 3.51. The molecule has 16 heavy (non-hydrogen) atoms. The first-order valence-corrected chi connectivity index (χ1v) is 6.20. The molecule has 2 atom stereocenters. The van der Waals surface area contributed by atoms with Crippen molar-refractivity contribution in [2.45, 2.75) is 12.5 Å². The van der Waals surface area contributed by atoms with E-state index in [1.54, 1.807) is 7.11 Å². The average Bonchev–Trinajstić information content (AvgIpc) is 2.76. The van der Waals surface area contributed by atoms with E-state index in [4.69, 9.17) is 15.2 Å². The molecular formula is C12H16BrNO2. The van der Waals surface area contributed by atoms with Crippen LogP contribution >= 0.6 is 15.9 Å². The smallest absolute Gasteiger partial charge is 0.124 e. The van der Waals surface area contributed by atoms with E-state index < -0.39 is 0 Å². The fraction of sp³-hybridized carbons (Fsp3) is 0.500. The molecule has 0 radical (unpaired) electrons. The molecule has 1 aliphatic rings. The van der Waals surface area contributed by atoms with Gasteiger partial charge in [0.15, 0.2) is 0 Å². The summed E-state index contributed by atoms with van der Waals surface area (Å²) in [4.78, 5) is 0. The van der Waals surface area contributed by atoms with Crippen LogP contribution in [0.15, 0.2) is 22.7 Å². The van der Waals surface area contributed by atoms with E-state index in [9.17, 15) is 0 Å². The van der Waals surface area contributed by atoms with E-state index in [0.29, 0.717) is 12.5 Å². The maximum atomic E-state index is 5.76. The minimum absolute atomic E-state index is 0.0671. The van der Waals surface area contributed by atoms with Crippen molar-refractivity contribution in [2.24, 2.45) is 11.7 Å². The third-order valence-electron chi connectivity index (χ3n) is 3.02. The number of methoxy groups -OCH3 is 1.